The van der Waals surface area contributed by atoms with Crippen LogP contribution >= 0.6 is 0 Å². The van der Waals surface area contributed by atoms with Gasteiger partial charge in [-0.05, 0) is 31.9 Å². The van der Waals surface area contributed by atoms with E-state index in [1.54, 1.807) is 0 Å². The molecule has 0 aliphatic carbocycles. The molecule has 0 saturated carbocycles. The van der Waals surface area contributed by atoms with Crippen LogP contribution in [-0.2, 0) is 14.8 Å². The zero-order valence-corrected chi connectivity index (χ0v) is 11.5. The molecule has 106 valence electrons. The predicted molar refractivity (Wildman–Crippen MR) is 70.8 cm³/mol. The van der Waals surface area contributed by atoms with Crippen LogP contribution in [0.25, 0.3) is 0 Å². The van der Waals surface area contributed by atoms with Gasteiger partial charge in [0.15, 0.2) is 0 Å². The molecule has 1 aromatic heterocycles. The highest BCUT2D eigenvalue weighted by Gasteiger charge is 2.32. The number of nitrogens with one attached hydrogen (secondary N) is 2. The van der Waals surface area contributed by atoms with E-state index in [1.165, 1.54) is 18.3 Å². The maximum absolute atomic E-state index is 12.3. The van der Waals surface area contributed by atoms with Gasteiger partial charge in [-0.2, -0.15) is 0 Å². The molecule has 1 saturated heterocycles. The fourth-order valence-corrected chi connectivity index (χ4v) is 3.34. The summed E-state index contributed by atoms with van der Waals surface area (Å²) in [6, 6.07) is 2.98. The van der Waals surface area contributed by atoms with Gasteiger partial charge in [0, 0.05) is 24.9 Å². The predicted octanol–water partition coefficient (Wildman–Crippen LogP) is 0.215. The van der Waals surface area contributed by atoms with Crippen molar-refractivity contribution in [3.8, 4) is 0 Å². The SMILES string of the molecule is CC1(NS(=O)(=O)c2ccc(NN)nc2)CCOCC1. The van der Waals surface area contributed by atoms with Crippen LogP contribution in [-0.4, -0.2) is 32.2 Å². The zero-order chi connectivity index (χ0) is 13.9. The molecular formula is C11H18N4O3S. The van der Waals surface area contributed by atoms with Crippen molar-refractivity contribution in [2.75, 3.05) is 18.6 Å². The quantitative estimate of drug-likeness (QED) is 0.540. The van der Waals surface area contributed by atoms with E-state index in [9.17, 15) is 8.42 Å². The number of nitrogen functional groups attached to an aromatic ring is 1. The molecule has 0 amide bonds. The van der Waals surface area contributed by atoms with Gasteiger partial charge < -0.3 is 10.2 Å². The number of aromatic nitrogens is 1. The van der Waals surface area contributed by atoms with E-state index in [0.717, 1.165) is 0 Å². The van der Waals surface area contributed by atoms with E-state index >= 15 is 0 Å². The standard InChI is InChI=1S/C11H18N4O3S/c1-11(4-6-18-7-5-11)15-19(16,17)9-2-3-10(14-12)13-8-9/h2-3,8,15H,4-7,12H2,1H3,(H,13,14). The highest BCUT2D eigenvalue weighted by Crippen LogP contribution is 2.23. The molecule has 0 spiro atoms. The van der Waals surface area contributed by atoms with Crippen LogP contribution in [0.2, 0.25) is 0 Å². The van der Waals surface area contributed by atoms with Gasteiger partial charge >= 0.3 is 0 Å². The van der Waals surface area contributed by atoms with Crippen LogP contribution in [0.15, 0.2) is 23.2 Å². The number of sulfonamides is 1. The second-order valence-electron chi connectivity index (χ2n) is 4.80. The van der Waals surface area contributed by atoms with Gasteiger partial charge in [0.05, 0.1) is 0 Å². The van der Waals surface area contributed by atoms with E-state index in [1.807, 2.05) is 6.92 Å². The van der Waals surface area contributed by atoms with E-state index in [4.69, 9.17) is 10.6 Å². The Balaban J connectivity index is 2.17. The van der Waals surface area contributed by atoms with Gasteiger partial charge in [-0.1, -0.05) is 0 Å². The first-order chi connectivity index (χ1) is 8.95. The summed E-state index contributed by atoms with van der Waals surface area (Å²) in [7, 11) is -3.58. The number of hydrazine groups is 1. The molecule has 0 aromatic carbocycles. The number of ether oxygens (including phenoxy) is 1. The van der Waals surface area contributed by atoms with Crippen molar-refractivity contribution in [2.24, 2.45) is 5.84 Å². The molecule has 7 nitrogen and oxygen atoms in total. The normalized spacial score (nSPS) is 19.1. The lowest BCUT2D eigenvalue weighted by Crippen LogP contribution is -2.49. The molecule has 0 radical (unpaired) electrons. The number of nitrogens with two attached hydrogens (primary N) is 1. The Morgan fingerprint density at radius 2 is 2.05 bits per heavy atom. The molecule has 0 atom stereocenters. The largest absolute Gasteiger partial charge is 0.381 e. The number of nitrogens with zero attached hydrogens (tertiary/aromatic N) is 1. The van der Waals surface area contributed by atoms with Crippen molar-refractivity contribution >= 4 is 15.8 Å². The number of hydrogen-bond acceptors (Lipinski definition) is 6. The molecule has 1 fully saturated rings. The average Bonchev–Trinajstić information content (AvgIpc) is 2.38. The van der Waals surface area contributed by atoms with Gasteiger partial charge in [0.2, 0.25) is 10.0 Å². The Hall–Kier alpha value is -1.22. The molecule has 1 aliphatic rings. The van der Waals surface area contributed by atoms with Gasteiger partial charge in [0.25, 0.3) is 0 Å². The van der Waals surface area contributed by atoms with Crippen LogP contribution in [0.5, 0.6) is 0 Å². The molecule has 1 aromatic rings. The summed E-state index contributed by atoms with van der Waals surface area (Å²) in [5, 5.41) is 0. The molecular weight excluding hydrogens is 268 g/mol. The van der Waals surface area contributed by atoms with Gasteiger partial charge in [-0.15, -0.1) is 0 Å². The minimum Gasteiger partial charge on any atom is -0.381 e. The summed E-state index contributed by atoms with van der Waals surface area (Å²) in [5.41, 5.74) is 1.88. The first kappa shape index (κ1) is 14.2. The van der Waals surface area contributed by atoms with Crippen molar-refractivity contribution in [3.05, 3.63) is 18.3 Å². The van der Waals surface area contributed by atoms with Crippen molar-refractivity contribution in [2.45, 2.75) is 30.2 Å². The minimum absolute atomic E-state index is 0.124. The third kappa shape index (κ3) is 3.41. The molecule has 2 heterocycles. The van der Waals surface area contributed by atoms with E-state index in [-0.39, 0.29) is 4.90 Å². The fraction of sp³-hybridized carbons (Fsp3) is 0.545. The molecule has 1 aliphatic heterocycles. The van der Waals surface area contributed by atoms with Gasteiger partial charge in [0.1, 0.15) is 10.7 Å². The highest BCUT2D eigenvalue weighted by atomic mass is 32.2. The summed E-state index contributed by atoms with van der Waals surface area (Å²) in [5.74, 6) is 5.60. The van der Waals surface area contributed by atoms with Gasteiger partial charge in [-0.25, -0.2) is 24.0 Å². The Morgan fingerprint density at radius 3 is 2.58 bits per heavy atom. The van der Waals surface area contributed by atoms with Crippen LogP contribution in [0.3, 0.4) is 0 Å². The lowest BCUT2D eigenvalue weighted by Gasteiger charge is -2.33. The monoisotopic (exact) mass is 286 g/mol. The van der Waals surface area contributed by atoms with E-state index in [2.05, 4.69) is 15.1 Å². The zero-order valence-electron chi connectivity index (χ0n) is 10.7. The Bertz CT molecular complexity index is 523. The van der Waals surface area contributed by atoms with E-state index < -0.39 is 15.6 Å². The third-order valence-electron chi connectivity index (χ3n) is 3.17. The van der Waals surface area contributed by atoms with Crippen LogP contribution in [0.1, 0.15) is 19.8 Å². The molecule has 8 heteroatoms. The summed E-state index contributed by atoms with van der Waals surface area (Å²) in [4.78, 5) is 4.02. The second-order valence-corrected chi connectivity index (χ2v) is 6.48. The summed E-state index contributed by atoms with van der Waals surface area (Å²) >= 11 is 0. The molecule has 0 bridgehead atoms. The van der Waals surface area contributed by atoms with Crippen LogP contribution in [0.4, 0.5) is 5.82 Å². The van der Waals surface area contributed by atoms with Crippen molar-refractivity contribution in [1.29, 1.82) is 0 Å². The first-order valence-corrected chi connectivity index (χ1v) is 7.48. The summed E-state index contributed by atoms with van der Waals surface area (Å²) < 4.78 is 32.5. The average molecular weight is 286 g/mol. The lowest BCUT2D eigenvalue weighted by atomic mass is 9.94. The first-order valence-electron chi connectivity index (χ1n) is 6.00. The maximum Gasteiger partial charge on any atom is 0.242 e. The fourth-order valence-electron chi connectivity index (χ4n) is 1.93. The second kappa shape index (κ2) is 5.41. The molecule has 2 rings (SSSR count). The van der Waals surface area contributed by atoms with Crippen molar-refractivity contribution in [3.63, 3.8) is 0 Å². The molecule has 4 N–H and O–H groups in total. The summed E-state index contributed by atoms with van der Waals surface area (Å²) in [6.45, 7) is 3.01. The smallest absolute Gasteiger partial charge is 0.242 e. The van der Waals surface area contributed by atoms with Crippen LogP contribution in [0, 0.1) is 0 Å². The third-order valence-corrected chi connectivity index (χ3v) is 4.80. The highest BCUT2D eigenvalue weighted by molar-refractivity contribution is 7.89. The van der Waals surface area contributed by atoms with E-state index in [0.29, 0.717) is 31.9 Å². The minimum atomic E-state index is -3.58. The van der Waals surface area contributed by atoms with Crippen molar-refractivity contribution in [1.82, 2.24) is 9.71 Å². The summed E-state index contributed by atoms with van der Waals surface area (Å²) in [6.07, 6.45) is 2.59. The number of anilines is 1. The molecule has 19 heavy (non-hydrogen) atoms. The topological polar surface area (TPSA) is 106 Å². The Morgan fingerprint density at radius 1 is 1.37 bits per heavy atom. The lowest BCUT2D eigenvalue weighted by molar-refractivity contribution is 0.0537. The maximum atomic E-state index is 12.3. The molecule has 0 unspecified atom stereocenters. The Labute approximate surface area is 112 Å². The number of hydrogen-bond donors (Lipinski definition) is 3. The Kier molecular flexibility index (Phi) is 4.04. The van der Waals surface area contributed by atoms with Crippen LogP contribution < -0.4 is 16.0 Å². The van der Waals surface area contributed by atoms with Crippen molar-refractivity contribution < 1.29 is 13.2 Å². The number of pyridine rings is 1. The van der Waals surface area contributed by atoms with Gasteiger partial charge in [-0.3, -0.25) is 0 Å². The number of rotatable bonds is 4.